The number of aliphatic imine (C=N–C) groups is 1. The smallest absolute Gasteiger partial charge is 0.387 e. The molecule has 2 aromatic rings. The molecule has 0 radical (unpaired) electrons. The normalized spacial score (nSPS) is 20.2. The van der Waals surface area contributed by atoms with Gasteiger partial charge in [0.1, 0.15) is 18.3 Å². The highest BCUT2D eigenvalue weighted by atomic mass is 19.3. The zero-order valence-corrected chi connectivity index (χ0v) is 14.2. The molecule has 1 aliphatic heterocycles. The van der Waals surface area contributed by atoms with Crippen molar-refractivity contribution >= 4 is 5.96 Å². The van der Waals surface area contributed by atoms with Gasteiger partial charge in [-0.1, -0.05) is 18.2 Å². The number of halogens is 3. The lowest BCUT2D eigenvalue weighted by atomic mass is 9.93. The molecule has 2 aromatic carbocycles. The highest BCUT2D eigenvalue weighted by molar-refractivity contribution is 5.79. The van der Waals surface area contributed by atoms with E-state index >= 15 is 0 Å². The summed E-state index contributed by atoms with van der Waals surface area (Å²) in [6.07, 6.45) is 0. The maximum Gasteiger partial charge on any atom is 0.387 e. The molecule has 1 atom stereocenters. The summed E-state index contributed by atoms with van der Waals surface area (Å²) < 4.78 is 48.8. The first-order valence-corrected chi connectivity index (χ1v) is 7.84. The molecule has 0 fully saturated rings. The molecule has 0 bridgehead atoms. The number of nitrogens with two attached hydrogens (primary N) is 1. The van der Waals surface area contributed by atoms with Gasteiger partial charge in [0.25, 0.3) is 0 Å². The standard InChI is InChI=1S/C18H18F3N3O2/c1-11-9-13(5-8-15(11)19)18(23-17(22)24(2)10-25-18)12-3-6-14(7-4-12)26-16(20)21/h3-9,16H,10H2,1-2H3,(H2,22,23). The van der Waals surface area contributed by atoms with E-state index in [2.05, 4.69) is 9.73 Å². The van der Waals surface area contributed by atoms with Crippen molar-refractivity contribution in [2.24, 2.45) is 10.7 Å². The second kappa shape index (κ2) is 6.87. The van der Waals surface area contributed by atoms with Crippen LogP contribution in [-0.2, 0) is 10.5 Å². The number of hydrogen-bond donors (Lipinski definition) is 1. The number of aryl methyl sites for hydroxylation is 1. The first-order valence-electron chi connectivity index (χ1n) is 7.84. The zero-order valence-electron chi connectivity index (χ0n) is 14.2. The molecule has 0 amide bonds. The van der Waals surface area contributed by atoms with Gasteiger partial charge in [-0.3, -0.25) is 0 Å². The molecule has 138 valence electrons. The van der Waals surface area contributed by atoms with Crippen LogP contribution in [-0.4, -0.2) is 31.2 Å². The van der Waals surface area contributed by atoms with Crippen LogP contribution in [0.2, 0.25) is 0 Å². The molecule has 2 N–H and O–H groups in total. The Kier molecular flexibility index (Phi) is 4.78. The van der Waals surface area contributed by atoms with Crippen LogP contribution < -0.4 is 10.5 Å². The summed E-state index contributed by atoms with van der Waals surface area (Å²) in [6, 6.07) is 10.4. The number of alkyl halides is 2. The summed E-state index contributed by atoms with van der Waals surface area (Å²) >= 11 is 0. The average Bonchev–Trinajstić information content (AvgIpc) is 2.60. The van der Waals surface area contributed by atoms with Gasteiger partial charge in [-0.25, -0.2) is 9.38 Å². The molecule has 26 heavy (non-hydrogen) atoms. The summed E-state index contributed by atoms with van der Waals surface area (Å²) in [4.78, 5) is 6.10. The van der Waals surface area contributed by atoms with Gasteiger partial charge in [-0.2, -0.15) is 8.78 Å². The Balaban J connectivity index is 2.11. The largest absolute Gasteiger partial charge is 0.435 e. The number of nitrogens with zero attached hydrogens (tertiary/aromatic N) is 2. The van der Waals surface area contributed by atoms with Crippen LogP contribution >= 0.6 is 0 Å². The Morgan fingerprint density at radius 2 is 1.85 bits per heavy atom. The maximum atomic E-state index is 13.7. The first-order chi connectivity index (χ1) is 12.3. The van der Waals surface area contributed by atoms with E-state index in [4.69, 9.17) is 10.5 Å². The van der Waals surface area contributed by atoms with E-state index in [0.29, 0.717) is 16.7 Å². The molecule has 0 saturated heterocycles. The third-order valence-electron chi connectivity index (χ3n) is 4.15. The monoisotopic (exact) mass is 365 g/mol. The maximum absolute atomic E-state index is 13.7. The molecule has 1 unspecified atom stereocenters. The molecule has 0 aliphatic carbocycles. The van der Waals surface area contributed by atoms with Crippen molar-refractivity contribution in [3.8, 4) is 5.75 Å². The van der Waals surface area contributed by atoms with Crippen LogP contribution in [0.3, 0.4) is 0 Å². The molecule has 1 heterocycles. The number of hydrogen-bond acceptors (Lipinski definition) is 5. The number of guanidine groups is 1. The van der Waals surface area contributed by atoms with Crippen LogP contribution in [0.15, 0.2) is 47.5 Å². The Morgan fingerprint density at radius 3 is 2.42 bits per heavy atom. The number of benzene rings is 2. The van der Waals surface area contributed by atoms with Gasteiger partial charge >= 0.3 is 6.61 Å². The second-order valence-electron chi connectivity index (χ2n) is 5.95. The van der Waals surface area contributed by atoms with E-state index in [1.165, 1.54) is 18.2 Å². The SMILES string of the molecule is Cc1cc(C2(c3ccc(OC(F)F)cc3)N=C(N)N(C)CO2)ccc1F. The van der Waals surface area contributed by atoms with Crippen LogP contribution in [0.25, 0.3) is 0 Å². The van der Waals surface area contributed by atoms with Crippen molar-refractivity contribution in [1.29, 1.82) is 0 Å². The van der Waals surface area contributed by atoms with Gasteiger partial charge < -0.3 is 20.1 Å². The van der Waals surface area contributed by atoms with E-state index in [-0.39, 0.29) is 24.3 Å². The van der Waals surface area contributed by atoms with E-state index in [1.807, 2.05) is 0 Å². The predicted octanol–water partition coefficient (Wildman–Crippen LogP) is 3.17. The Hall–Kier alpha value is -2.74. The molecule has 0 aromatic heterocycles. The third kappa shape index (κ3) is 3.32. The minimum absolute atomic E-state index is 0.0130. The minimum atomic E-state index is -2.91. The molecular formula is C18H18F3N3O2. The summed E-state index contributed by atoms with van der Waals surface area (Å²) in [7, 11) is 1.72. The predicted molar refractivity (Wildman–Crippen MR) is 90.3 cm³/mol. The van der Waals surface area contributed by atoms with Crippen molar-refractivity contribution in [3.05, 3.63) is 65.0 Å². The minimum Gasteiger partial charge on any atom is -0.435 e. The van der Waals surface area contributed by atoms with Crippen LogP contribution in [0, 0.1) is 12.7 Å². The Morgan fingerprint density at radius 1 is 1.19 bits per heavy atom. The topological polar surface area (TPSA) is 60.1 Å². The van der Waals surface area contributed by atoms with Crippen molar-refractivity contribution in [3.63, 3.8) is 0 Å². The highest BCUT2D eigenvalue weighted by Gasteiger charge is 2.39. The third-order valence-corrected chi connectivity index (χ3v) is 4.15. The average molecular weight is 365 g/mol. The van der Waals surface area contributed by atoms with Crippen molar-refractivity contribution in [2.45, 2.75) is 19.3 Å². The zero-order chi connectivity index (χ0) is 18.9. The molecular weight excluding hydrogens is 347 g/mol. The van der Waals surface area contributed by atoms with E-state index in [0.717, 1.165) is 0 Å². The van der Waals surface area contributed by atoms with Gasteiger partial charge in [0, 0.05) is 18.2 Å². The number of ether oxygens (including phenoxy) is 2. The van der Waals surface area contributed by atoms with Gasteiger partial charge in [0.15, 0.2) is 5.96 Å². The van der Waals surface area contributed by atoms with Crippen molar-refractivity contribution in [1.82, 2.24) is 4.90 Å². The van der Waals surface area contributed by atoms with E-state index in [1.54, 1.807) is 43.1 Å². The van der Waals surface area contributed by atoms with Crippen LogP contribution in [0.5, 0.6) is 5.75 Å². The first kappa shape index (κ1) is 18.1. The molecule has 5 nitrogen and oxygen atoms in total. The van der Waals surface area contributed by atoms with E-state index < -0.39 is 12.3 Å². The van der Waals surface area contributed by atoms with Crippen LogP contribution in [0.4, 0.5) is 13.2 Å². The van der Waals surface area contributed by atoms with Crippen LogP contribution in [0.1, 0.15) is 16.7 Å². The van der Waals surface area contributed by atoms with Gasteiger partial charge in [0.05, 0.1) is 0 Å². The lowest BCUT2D eigenvalue weighted by Gasteiger charge is -2.38. The fourth-order valence-electron chi connectivity index (χ4n) is 2.72. The second-order valence-corrected chi connectivity index (χ2v) is 5.95. The fourth-order valence-corrected chi connectivity index (χ4v) is 2.72. The fraction of sp³-hybridized carbons (Fsp3) is 0.278. The van der Waals surface area contributed by atoms with Gasteiger partial charge in [-0.05, 0) is 36.8 Å². The summed E-state index contributed by atoms with van der Waals surface area (Å²) in [6.45, 7) is -1.13. The summed E-state index contributed by atoms with van der Waals surface area (Å²) in [5.41, 5.74) is 6.25. The molecule has 8 heteroatoms. The van der Waals surface area contributed by atoms with Gasteiger partial charge in [-0.15, -0.1) is 0 Å². The molecule has 3 rings (SSSR count). The lowest BCUT2D eigenvalue weighted by Crippen LogP contribution is -2.47. The molecule has 0 saturated carbocycles. The molecule has 1 aliphatic rings. The summed E-state index contributed by atoms with van der Waals surface area (Å²) in [5.74, 6) is -0.0975. The Bertz CT molecular complexity index is 827. The van der Waals surface area contributed by atoms with Gasteiger partial charge in [0.2, 0.25) is 5.72 Å². The summed E-state index contributed by atoms with van der Waals surface area (Å²) in [5, 5.41) is 0. The van der Waals surface area contributed by atoms with Crippen molar-refractivity contribution in [2.75, 3.05) is 13.8 Å². The lowest BCUT2D eigenvalue weighted by molar-refractivity contribution is -0.0623. The van der Waals surface area contributed by atoms with E-state index in [9.17, 15) is 13.2 Å². The van der Waals surface area contributed by atoms with Crippen molar-refractivity contribution < 1.29 is 22.6 Å². The highest BCUT2D eigenvalue weighted by Crippen LogP contribution is 2.38. The Labute approximate surface area is 148 Å². The quantitative estimate of drug-likeness (QED) is 0.904. The number of rotatable bonds is 4. The molecule has 0 spiro atoms.